The molecule has 7 nitrogen and oxygen atoms in total. The first-order valence-corrected chi connectivity index (χ1v) is 10.8. The van der Waals surface area contributed by atoms with Crippen molar-refractivity contribution < 1.29 is 14.7 Å². The normalized spacial score (nSPS) is 28.1. The van der Waals surface area contributed by atoms with Crippen LogP contribution < -0.4 is 10.6 Å². The summed E-state index contributed by atoms with van der Waals surface area (Å²) in [6.45, 7) is 6.55. The van der Waals surface area contributed by atoms with Crippen molar-refractivity contribution in [1.82, 2.24) is 20.4 Å². The highest BCUT2D eigenvalue weighted by atomic mass is 16.4. The average molecular weight is 381 g/mol. The van der Waals surface area contributed by atoms with E-state index in [1.807, 2.05) is 4.90 Å². The largest absolute Gasteiger partial charge is 0.481 e. The van der Waals surface area contributed by atoms with E-state index in [1.165, 1.54) is 19.3 Å². The Hall–Kier alpha value is -1.34. The minimum atomic E-state index is -0.715. The molecule has 0 aromatic rings. The van der Waals surface area contributed by atoms with Gasteiger partial charge in [0.2, 0.25) is 0 Å². The van der Waals surface area contributed by atoms with Crippen LogP contribution in [-0.2, 0) is 4.79 Å². The number of carbonyl (C=O) groups excluding carboxylic acids is 1. The van der Waals surface area contributed by atoms with Crippen molar-refractivity contribution in [2.75, 3.05) is 45.8 Å². The molecule has 1 aliphatic carbocycles. The lowest BCUT2D eigenvalue weighted by atomic mass is 9.81. The number of likely N-dealkylation sites (tertiary alicyclic amines) is 1. The van der Waals surface area contributed by atoms with Crippen LogP contribution in [0, 0.1) is 11.8 Å². The summed E-state index contributed by atoms with van der Waals surface area (Å²) in [7, 11) is 0. The topological polar surface area (TPSA) is 84.9 Å². The third kappa shape index (κ3) is 6.35. The molecule has 3 N–H and O–H groups in total. The van der Waals surface area contributed by atoms with Crippen molar-refractivity contribution in [2.45, 2.75) is 57.4 Å². The fourth-order valence-electron chi connectivity index (χ4n) is 4.88. The van der Waals surface area contributed by atoms with Gasteiger partial charge in [-0.25, -0.2) is 4.79 Å². The van der Waals surface area contributed by atoms with E-state index in [0.717, 1.165) is 58.4 Å². The van der Waals surface area contributed by atoms with Crippen molar-refractivity contribution in [3.05, 3.63) is 0 Å². The van der Waals surface area contributed by atoms with Crippen LogP contribution >= 0.6 is 0 Å². The van der Waals surface area contributed by atoms with Crippen molar-refractivity contribution in [1.29, 1.82) is 0 Å². The van der Waals surface area contributed by atoms with Gasteiger partial charge in [0, 0.05) is 51.7 Å². The van der Waals surface area contributed by atoms with Gasteiger partial charge in [0.1, 0.15) is 0 Å². The van der Waals surface area contributed by atoms with Gasteiger partial charge in [-0.05, 0) is 44.1 Å². The molecule has 2 atom stereocenters. The van der Waals surface area contributed by atoms with Gasteiger partial charge in [0.25, 0.3) is 0 Å². The quantitative estimate of drug-likeness (QED) is 0.654. The van der Waals surface area contributed by atoms with E-state index in [2.05, 4.69) is 15.5 Å². The summed E-state index contributed by atoms with van der Waals surface area (Å²) in [6.07, 6.45) is 7.88. The van der Waals surface area contributed by atoms with Gasteiger partial charge in [-0.15, -0.1) is 0 Å². The van der Waals surface area contributed by atoms with Crippen molar-refractivity contribution >= 4 is 12.0 Å². The van der Waals surface area contributed by atoms with Gasteiger partial charge in [0.15, 0.2) is 0 Å². The molecule has 3 rings (SSSR count). The van der Waals surface area contributed by atoms with E-state index >= 15 is 0 Å². The lowest BCUT2D eigenvalue weighted by Gasteiger charge is -2.40. The summed E-state index contributed by atoms with van der Waals surface area (Å²) in [5.74, 6) is -0.252. The maximum absolute atomic E-state index is 12.7. The molecule has 1 saturated carbocycles. The molecule has 2 aliphatic heterocycles. The number of rotatable bonds is 6. The Morgan fingerprint density at radius 1 is 1.00 bits per heavy atom. The van der Waals surface area contributed by atoms with Crippen LogP contribution in [0.5, 0.6) is 0 Å². The first-order valence-electron chi connectivity index (χ1n) is 10.8. The summed E-state index contributed by atoms with van der Waals surface area (Å²) >= 11 is 0. The summed E-state index contributed by atoms with van der Waals surface area (Å²) in [4.78, 5) is 28.4. The Kier molecular flexibility index (Phi) is 7.76. The Labute approximate surface area is 162 Å². The average Bonchev–Trinajstić information content (AvgIpc) is 2.68. The number of aliphatic carboxylic acids is 1. The number of urea groups is 1. The third-order valence-corrected chi connectivity index (χ3v) is 6.57. The van der Waals surface area contributed by atoms with E-state index in [4.69, 9.17) is 0 Å². The van der Waals surface area contributed by atoms with Crippen LogP contribution in [-0.4, -0.2) is 78.8 Å². The van der Waals surface area contributed by atoms with Crippen LogP contribution in [0.1, 0.15) is 51.4 Å². The monoisotopic (exact) mass is 380 g/mol. The maximum Gasteiger partial charge on any atom is 0.317 e. The highest BCUT2D eigenvalue weighted by Gasteiger charge is 2.33. The van der Waals surface area contributed by atoms with Crippen molar-refractivity contribution in [3.8, 4) is 0 Å². The van der Waals surface area contributed by atoms with Gasteiger partial charge in [-0.1, -0.05) is 19.3 Å². The molecule has 2 saturated heterocycles. The smallest absolute Gasteiger partial charge is 0.317 e. The van der Waals surface area contributed by atoms with E-state index < -0.39 is 5.97 Å². The fourth-order valence-corrected chi connectivity index (χ4v) is 4.88. The zero-order valence-corrected chi connectivity index (χ0v) is 16.5. The minimum absolute atomic E-state index is 0.0582. The fraction of sp³-hybridized carbons (Fsp3) is 0.900. The molecule has 154 valence electrons. The van der Waals surface area contributed by atoms with Crippen LogP contribution in [0.25, 0.3) is 0 Å². The zero-order valence-electron chi connectivity index (χ0n) is 16.5. The molecular weight excluding hydrogens is 344 g/mol. The number of piperidine rings is 1. The molecule has 2 amide bonds. The third-order valence-electron chi connectivity index (χ3n) is 6.57. The number of piperazine rings is 1. The maximum atomic E-state index is 12.7. The lowest BCUT2D eigenvalue weighted by Crippen LogP contribution is -2.51. The van der Waals surface area contributed by atoms with Gasteiger partial charge < -0.3 is 25.5 Å². The van der Waals surface area contributed by atoms with Gasteiger partial charge in [-0.3, -0.25) is 4.79 Å². The highest BCUT2D eigenvalue weighted by Crippen LogP contribution is 2.30. The van der Waals surface area contributed by atoms with Gasteiger partial charge in [0.05, 0.1) is 0 Å². The Bertz CT molecular complexity index is 490. The Morgan fingerprint density at radius 2 is 1.74 bits per heavy atom. The van der Waals surface area contributed by atoms with Crippen molar-refractivity contribution in [2.24, 2.45) is 11.8 Å². The molecular formula is C20H36N4O3. The summed E-state index contributed by atoms with van der Waals surface area (Å²) < 4.78 is 0. The molecule has 0 aromatic carbocycles. The first kappa shape index (κ1) is 20.4. The number of carbonyl (C=O) groups is 2. The molecule has 0 bridgehead atoms. The van der Waals surface area contributed by atoms with Crippen LogP contribution in [0.15, 0.2) is 0 Å². The number of nitrogens with zero attached hydrogens (tertiary/aromatic N) is 2. The van der Waals surface area contributed by atoms with E-state index in [1.54, 1.807) is 0 Å². The van der Waals surface area contributed by atoms with Gasteiger partial charge >= 0.3 is 12.0 Å². The minimum Gasteiger partial charge on any atom is -0.481 e. The second kappa shape index (κ2) is 10.3. The summed E-state index contributed by atoms with van der Waals surface area (Å²) in [6, 6.07) is 0.380. The number of amides is 2. The summed E-state index contributed by atoms with van der Waals surface area (Å²) in [5.41, 5.74) is 0. The molecule has 2 heterocycles. The van der Waals surface area contributed by atoms with Gasteiger partial charge in [-0.2, -0.15) is 0 Å². The van der Waals surface area contributed by atoms with Crippen LogP contribution in [0.4, 0.5) is 4.79 Å². The van der Waals surface area contributed by atoms with E-state index in [9.17, 15) is 14.7 Å². The summed E-state index contributed by atoms with van der Waals surface area (Å²) in [5, 5.41) is 15.9. The number of hydrogen-bond donors (Lipinski definition) is 3. The molecule has 7 heteroatoms. The van der Waals surface area contributed by atoms with Crippen molar-refractivity contribution in [3.63, 3.8) is 0 Å². The Morgan fingerprint density at radius 3 is 2.44 bits per heavy atom. The Balaban J connectivity index is 1.52. The highest BCUT2D eigenvalue weighted by molar-refractivity contribution is 5.74. The van der Waals surface area contributed by atoms with E-state index in [0.29, 0.717) is 19.1 Å². The van der Waals surface area contributed by atoms with Crippen LogP contribution in [0.2, 0.25) is 0 Å². The van der Waals surface area contributed by atoms with E-state index in [-0.39, 0.29) is 24.3 Å². The lowest BCUT2D eigenvalue weighted by molar-refractivity contribution is -0.139. The zero-order chi connectivity index (χ0) is 19.1. The second-order valence-corrected chi connectivity index (χ2v) is 8.52. The molecule has 0 aromatic heterocycles. The number of carboxylic acids is 1. The molecule has 3 fully saturated rings. The van der Waals surface area contributed by atoms with Crippen LogP contribution in [0.3, 0.4) is 0 Å². The predicted molar refractivity (Wildman–Crippen MR) is 105 cm³/mol. The molecule has 27 heavy (non-hydrogen) atoms. The second-order valence-electron chi connectivity index (χ2n) is 8.52. The molecule has 2 unspecified atom stereocenters. The molecule has 3 aliphatic rings. The SMILES string of the molecule is O=C(O)CC1CCN(C(=O)NC2CCCCC2)CC1CCN1CCNCC1. The standard InChI is InChI=1S/C20H36N4O3/c25-19(26)14-16-7-11-24(20(27)22-18-4-2-1-3-5-18)15-17(16)6-10-23-12-8-21-9-13-23/h16-18,21H,1-15H2,(H,22,27)(H,25,26). The molecule has 0 radical (unpaired) electrons. The molecule has 0 spiro atoms. The number of nitrogens with one attached hydrogen (secondary N) is 2. The first-order chi connectivity index (χ1) is 13.1. The predicted octanol–water partition coefficient (Wildman–Crippen LogP) is 1.74. The number of hydrogen-bond acceptors (Lipinski definition) is 4. The number of carboxylic acid groups (broad SMARTS) is 1.